The molecule has 0 amide bonds. The highest BCUT2D eigenvalue weighted by Crippen LogP contribution is 2.41. The van der Waals surface area contributed by atoms with Crippen LogP contribution >= 0.6 is 11.3 Å². The summed E-state index contributed by atoms with van der Waals surface area (Å²) in [6.45, 7) is 7.26. The molecular weight excluding hydrogens is 436 g/mol. The standard InChI is InChI=1S/C29H30N4S/c1-18(2)24(21-8-5-4-6-9-21)16-20-12-14-22(15-13-20)28-27-23-10-7-11-25(23)34-29(27)33-19(3)31-32-26(33)17-30-28/h4-6,8-9,12-15,18,24H,7,10-11,16-17H2,1-3H3. The molecule has 0 spiro atoms. The van der Waals surface area contributed by atoms with E-state index in [1.807, 2.05) is 18.3 Å². The van der Waals surface area contributed by atoms with E-state index in [1.165, 1.54) is 50.5 Å². The van der Waals surface area contributed by atoms with Gasteiger partial charge >= 0.3 is 0 Å². The fraction of sp³-hybridized carbons (Fsp3) is 0.345. The average molecular weight is 467 g/mol. The first kappa shape index (κ1) is 21.5. The molecule has 0 N–H and O–H groups in total. The third-order valence-corrected chi connectivity index (χ3v) is 8.61. The van der Waals surface area contributed by atoms with Crippen molar-refractivity contribution in [2.24, 2.45) is 10.9 Å². The number of aryl methyl sites for hydroxylation is 2. The van der Waals surface area contributed by atoms with Crippen LogP contribution in [-0.2, 0) is 25.8 Å². The summed E-state index contributed by atoms with van der Waals surface area (Å²) in [5, 5.41) is 10.0. The maximum atomic E-state index is 5.11. The van der Waals surface area contributed by atoms with E-state index in [0.717, 1.165) is 30.2 Å². The highest BCUT2D eigenvalue weighted by Gasteiger charge is 2.30. The summed E-state index contributed by atoms with van der Waals surface area (Å²) in [6.07, 6.45) is 4.60. The Bertz CT molecular complexity index is 1360. The van der Waals surface area contributed by atoms with Crippen LogP contribution in [-0.4, -0.2) is 20.5 Å². The number of nitrogens with zero attached hydrogens (tertiary/aromatic N) is 4. The molecule has 1 atom stereocenters. The molecule has 5 heteroatoms. The zero-order valence-corrected chi connectivity index (χ0v) is 20.9. The lowest BCUT2D eigenvalue weighted by Gasteiger charge is -2.22. The van der Waals surface area contributed by atoms with Crippen molar-refractivity contribution in [3.63, 3.8) is 0 Å². The van der Waals surface area contributed by atoms with Crippen LogP contribution in [0.2, 0.25) is 0 Å². The van der Waals surface area contributed by atoms with E-state index in [-0.39, 0.29) is 0 Å². The van der Waals surface area contributed by atoms with Gasteiger partial charge in [0.05, 0.1) is 5.71 Å². The number of rotatable bonds is 5. The van der Waals surface area contributed by atoms with Gasteiger partial charge in [0.15, 0.2) is 5.82 Å². The van der Waals surface area contributed by atoms with E-state index in [4.69, 9.17) is 4.99 Å². The maximum Gasteiger partial charge on any atom is 0.160 e. The molecule has 34 heavy (non-hydrogen) atoms. The molecule has 3 heterocycles. The number of fused-ring (bicyclic) bond motifs is 5. The first-order chi connectivity index (χ1) is 16.6. The van der Waals surface area contributed by atoms with Gasteiger partial charge in [-0.25, -0.2) is 0 Å². The molecule has 0 saturated heterocycles. The largest absolute Gasteiger partial charge is 0.276 e. The molecule has 1 aliphatic heterocycles. The van der Waals surface area contributed by atoms with Crippen molar-refractivity contribution in [1.82, 2.24) is 14.8 Å². The zero-order chi connectivity index (χ0) is 23.2. The first-order valence-corrected chi connectivity index (χ1v) is 13.2. The monoisotopic (exact) mass is 466 g/mol. The number of benzene rings is 2. The molecule has 2 aromatic carbocycles. The molecule has 2 aliphatic rings. The van der Waals surface area contributed by atoms with Crippen molar-refractivity contribution in [3.05, 3.63) is 98.9 Å². The van der Waals surface area contributed by atoms with Crippen LogP contribution < -0.4 is 0 Å². The highest BCUT2D eigenvalue weighted by atomic mass is 32.1. The van der Waals surface area contributed by atoms with E-state index in [0.29, 0.717) is 18.4 Å². The van der Waals surface area contributed by atoms with E-state index in [9.17, 15) is 0 Å². The Hall–Kier alpha value is -3.05. The second kappa shape index (κ2) is 8.62. The Morgan fingerprint density at radius 1 is 0.971 bits per heavy atom. The van der Waals surface area contributed by atoms with E-state index >= 15 is 0 Å². The Kier molecular flexibility index (Phi) is 5.45. The quantitative estimate of drug-likeness (QED) is 0.339. The van der Waals surface area contributed by atoms with Gasteiger partial charge in [-0.3, -0.25) is 9.56 Å². The molecular formula is C29H30N4S. The Labute approximate surface area is 205 Å². The van der Waals surface area contributed by atoms with Crippen molar-refractivity contribution in [3.8, 4) is 5.00 Å². The van der Waals surface area contributed by atoms with E-state index < -0.39 is 0 Å². The predicted octanol–water partition coefficient (Wildman–Crippen LogP) is 6.46. The number of aliphatic imine (C=N–C) groups is 1. The second-order valence-electron chi connectivity index (χ2n) is 9.86. The molecule has 4 aromatic rings. The summed E-state index contributed by atoms with van der Waals surface area (Å²) in [5.74, 6) is 2.99. The summed E-state index contributed by atoms with van der Waals surface area (Å²) >= 11 is 1.91. The minimum Gasteiger partial charge on any atom is -0.276 e. The van der Waals surface area contributed by atoms with Gasteiger partial charge in [-0.05, 0) is 61.1 Å². The van der Waals surface area contributed by atoms with Gasteiger partial charge in [0.25, 0.3) is 0 Å². The average Bonchev–Trinajstić information content (AvgIpc) is 3.51. The molecule has 1 unspecified atom stereocenters. The lowest BCUT2D eigenvalue weighted by Crippen LogP contribution is -2.11. The minimum absolute atomic E-state index is 0.515. The molecule has 0 saturated carbocycles. The van der Waals surface area contributed by atoms with Gasteiger partial charge in [-0.2, -0.15) is 0 Å². The summed E-state index contributed by atoms with van der Waals surface area (Å²) in [4.78, 5) is 6.62. The summed E-state index contributed by atoms with van der Waals surface area (Å²) in [6, 6.07) is 20.1. The SMILES string of the molecule is Cc1nnc2n1-c1sc3c(c1C(c1ccc(CC(c4ccccc4)C(C)C)cc1)=NC2)CCC3. The predicted molar refractivity (Wildman–Crippen MR) is 140 cm³/mol. The van der Waals surface area contributed by atoms with Crippen LogP contribution in [0.4, 0.5) is 0 Å². The minimum atomic E-state index is 0.515. The van der Waals surface area contributed by atoms with E-state index in [2.05, 4.69) is 83.2 Å². The molecule has 6 rings (SSSR count). The normalized spacial score (nSPS) is 15.5. The molecule has 0 radical (unpaired) electrons. The van der Waals surface area contributed by atoms with Gasteiger partial charge in [0.2, 0.25) is 0 Å². The van der Waals surface area contributed by atoms with Crippen molar-refractivity contribution in [2.45, 2.75) is 58.9 Å². The number of hydrogen-bond acceptors (Lipinski definition) is 4. The van der Waals surface area contributed by atoms with Crippen LogP contribution in [0, 0.1) is 12.8 Å². The van der Waals surface area contributed by atoms with Gasteiger partial charge in [-0.1, -0.05) is 68.4 Å². The summed E-state index contributed by atoms with van der Waals surface area (Å²) in [7, 11) is 0. The van der Waals surface area contributed by atoms with Crippen molar-refractivity contribution in [1.29, 1.82) is 0 Å². The molecule has 1 aliphatic carbocycles. The van der Waals surface area contributed by atoms with Crippen molar-refractivity contribution >= 4 is 17.0 Å². The Balaban J connectivity index is 1.36. The molecule has 2 aromatic heterocycles. The van der Waals surface area contributed by atoms with Crippen molar-refractivity contribution in [2.75, 3.05) is 0 Å². The van der Waals surface area contributed by atoms with Crippen LogP contribution in [0.3, 0.4) is 0 Å². The smallest absolute Gasteiger partial charge is 0.160 e. The number of aromatic nitrogens is 3. The third-order valence-electron chi connectivity index (χ3n) is 7.33. The van der Waals surface area contributed by atoms with E-state index in [1.54, 1.807) is 0 Å². The van der Waals surface area contributed by atoms with Crippen molar-refractivity contribution < 1.29 is 0 Å². The Morgan fingerprint density at radius 2 is 1.76 bits per heavy atom. The first-order valence-electron chi connectivity index (χ1n) is 12.3. The van der Waals surface area contributed by atoms with Crippen LogP contribution in [0.15, 0.2) is 59.6 Å². The van der Waals surface area contributed by atoms with Crippen LogP contribution in [0.25, 0.3) is 5.00 Å². The lowest BCUT2D eigenvalue weighted by atomic mass is 9.83. The zero-order valence-electron chi connectivity index (χ0n) is 20.1. The van der Waals surface area contributed by atoms with Gasteiger partial charge < -0.3 is 0 Å². The number of hydrogen-bond donors (Lipinski definition) is 0. The fourth-order valence-electron chi connectivity index (χ4n) is 5.52. The van der Waals surface area contributed by atoms with Crippen LogP contribution in [0.1, 0.15) is 70.5 Å². The Morgan fingerprint density at radius 3 is 2.53 bits per heavy atom. The lowest BCUT2D eigenvalue weighted by molar-refractivity contribution is 0.495. The van der Waals surface area contributed by atoms with Gasteiger partial charge in [0, 0.05) is 16.0 Å². The van der Waals surface area contributed by atoms with Gasteiger partial charge in [0.1, 0.15) is 17.4 Å². The number of thiophene rings is 1. The summed E-state index contributed by atoms with van der Waals surface area (Å²) in [5.41, 5.74) is 7.93. The molecule has 0 bridgehead atoms. The molecule has 172 valence electrons. The molecule has 0 fully saturated rings. The fourth-order valence-corrected chi connectivity index (χ4v) is 6.98. The second-order valence-corrected chi connectivity index (χ2v) is 10.9. The van der Waals surface area contributed by atoms with Crippen LogP contribution in [0.5, 0.6) is 0 Å². The third kappa shape index (κ3) is 3.63. The maximum absolute atomic E-state index is 5.11. The molecule has 4 nitrogen and oxygen atoms in total. The van der Waals surface area contributed by atoms with Gasteiger partial charge in [-0.15, -0.1) is 21.5 Å². The topological polar surface area (TPSA) is 43.1 Å². The highest BCUT2D eigenvalue weighted by molar-refractivity contribution is 7.15. The summed E-state index contributed by atoms with van der Waals surface area (Å²) < 4.78 is 2.23.